The Bertz CT molecular complexity index is 757. The smallest absolute Gasteiger partial charge is 0.256 e. The maximum Gasteiger partial charge on any atom is 0.256 e. The molecule has 0 unspecified atom stereocenters. The third-order valence-electron chi connectivity index (χ3n) is 3.82. The molecule has 0 saturated carbocycles. The molecule has 6 heteroatoms. The maximum absolute atomic E-state index is 12.7. The number of amides is 2. The number of carbonyl (C=O) groups excluding carboxylic acids is 2. The third kappa shape index (κ3) is 3.76. The second-order valence-corrected chi connectivity index (χ2v) is 6.55. The van der Waals surface area contributed by atoms with Gasteiger partial charge in [-0.15, -0.1) is 0 Å². The van der Waals surface area contributed by atoms with Gasteiger partial charge in [0.2, 0.25) is 0 Å². The molecule has 1 aliphatic rings. The average Bonchev–Trinajstić information content (AvgIpc) is 2.62. The van der Waals surface area contributed by atoms with Crippen molar-refractivity contribution in [2.45, 2.75) is 0 Å². The summed E-state index contributed by atoms with van der Waals surface area (Å²) in [4.78, 5) is 27.0. The highest BCUT2D eigenvalue weighted by Crippen LogP contribution is 2.20. The van der Waals surface area contributed by atoms with Crippen LogP contribution in [0.4, 0.5) is 5.69 Å². The number of halogens is 1. The molecule has 0 radical (unpaired) electrons. The van der Waals surface area contributed by atoms with E-state index in [2.05, 4.69) is 27.9 Å². The first-order chi connectivity index (χ1) is 11.7. The molecule has 0 aliphatic carbocycles. The quantitative estimate of drug-likeness (QED) is 0.753. The Morgan fingerprint density at radius 1 is 0.958 bits per heavy atom. The number of para-hydroxylation sites is 1. The molecule has 1 N–H and O–H groups in total. The predicted molar refractivity (Wildman–Crippen MR) is 100 cm³/mol. The molecule has 124 valence electrons. The topological polar surface area (TPSA) is 58.6 Å². The summed E-state index contributed by atoms with van der Waals surface area (Å²) in [7, 11) is 0. The molecule has 0 aromatic heterocycles. The van der Waals surface area contributed by atoms with Crippen molar-refractivity contribution in [1.82, 2.24) is 4.90 Å². The van der Waals surface area contributed by atoms with Crippen molar-refractivity contribution in [3.8, 4) is 0 Å². The zero-order chi connectivity index (χ0) is 16.9. The fourth-order valence-electron chi connectivity index (χ4n) is 2.55. The van der Waals surface area contributed by atoms with E-state index in [4.69, 9.17) is 4.74 Å². The number of hydrogen-bond donors (Lipinski definition) is 1. The van der Waals surface area contributed by atoms with Crippen LogP contribution in [-0.4, -0.2) is 43.0 Å². The van der Waals surface area contributed by atoms with Gasteiger partial charge in [0.05, 0.1) is 30.0 Å². The summed E-state index contributed by atoms with van der Waals surface area (Å²) in [6.45, 7) is 2.22. The van der Waals surface area contributed by atoms with Crippen molar-refractivity contribution in [1.29, 1.82) is 0 Å². The first kappa shape index (κ1) is 16.9. The van der Waals surface area contributed by atoms with Gasteiger partial charge in [0.1, 0.15) is 0 Å². The van der Waals surface area contributed by atoms with Crippen LogP contribution < -0.4 is 5.32 Å². The summed E-state index contributed by atoms with van der Waals surface area (Å²) >= 11 is 2.13. The van der Waals surface area contributed by atoms with E-state index in [0.717, 1.165) is 3.57 Å². The molecule has 3 rings (SSSR count). The van der Waals surface area contributed by atoms with Crippen LogP contribution in [0.1, 0.15) is 20.7 Å². The lowest BCUT2D eigenvalue weighted by Gasteiger charge is -2.27. The molecule has 24 heavy (non-hydrogen) atoms. The molecule has 1 aliphatic heterocycles. The van der Waals surface area contributed by atoms with Crippen LogP contribution in [0.15, 0.2) is 48.5 Å². The lowest BCUT2D eigenvalue weighted by Crippen LogP contribution is -2.41. The SMILES string of the molecule is O=C(Nc1ccccc1C(=O)N1CCOCC1)c1ccccc1I. The highest BCUT2D eigenvalue weighted by Gasteiger charge is 2.22. The van der Waals surface area contributed by atoms with Gasteiger partial charge in [0.25, 0.3) is 11.8 Å². The van der Waals surface area contributed by atoms with Crippen LogP contribution in [0.3, 0.4) is 0 Å². The Morgan fingerprint density at radius 2 is 1.58 bits per heavy atom. The number of rotatable bonds is 3. The molecule has 0 atom stereocenters. The number of ether oxygens (including phenoxy) is 1. The van der Waals surface area contributed by atoms with Crippen molar-refractivity contribution >= 4 is 40.1 Å². The van der Waals surface area contributed by atoms with Crippen molar-refractivity contribution < 1.29 is 14.3 Å². The van der Waals surface area contributed by atoms with Crippen LogP contribution in [0, 0.1) is 3.57 Å². The van der Waals surface area contributed by atoms with Gasteiger partial charge in [-0.05, 0) is 46.9 Å². The molecule has 0 spiro atoms. The molecule has 2 amide bonds. The Labute approximate surface area is 154 Å². The van der Waals surface area contributed by atoms with E-state index in [1.54, 1.807) is 29.2 Å². The molecular weight excluding hydrogens is 419 g/mol. The lowest BCUT2D eigenvalue weighted by molar-refractivity contribution is 0.0303. The second-order valence-electron chi connectivity index (χ2n) is 5.38. The Hall–Kier alpha value is -1.93. The number of anilines is 1. The van der Waals surface area contributed by atoms with Gasteiger partial charge in [-0.25, -0.2) is 0 Å². The summed E-state index contributed by atoms with van der Waals surface area (Å²) < 4.78 is 6.15. The zero-order valence-corrected chi connectivity index (χ0v) is 15.2. The lowest BCUT2D eigenvalue weighted by atomic mass is 10.1. The first-order valence-electron chi connectivity index (χ1n) is 7.69. The predicted octanol–water partition coefficient (Wildman–Crippen LogP) is 3.02. The van der Waals surface area contributed by atoms with Crippen LogP contribution in [0.2, 0.25) is 0 Å². The van der Waals surface area contributed by atoms with Crippen molar-refractivity contribution in [2.75, 3.05) is 31.6 Å². The molecule has 2 aromatic carbocycles. The van der Waals surface area contributed by atoms with E-state index in [1.807, 2.05) is 24.3 Å². The average molecular weight is 436 g/mol. The largest absolute Gasteiger partial charge is 0.378 e. The van der Waals surface area contributed by atoms with Crippen molar-refractivity contribution in [2.24, 2.45) is 0 Å². The highest BCUT2D eigenvalue weighted by atomic mass is 127. The van der Waals surface area contributed by atoms with Crippen molar-refractivity contribution in [3.63, 3.8) is 0 Å². The summed E-state index contributed by atoms with van der Waals surface area (Å²) in [6, 6.07) is 14.4. The summed E-state index contributed by atoms with van der Waals surface area (Å²) in [5, 5.41) is 2.87. The van der Waals surface area contributed by atoms with Gasteiger partial charge in [0, 0.05) is 16.7 Å². The number of nitrogens with zero attached hydrogens (tertiary/aromatic N) is 1. The highest BCUT2D eigenvalue weighted by molar-refractivity contribution is 14.1. The van der Waals surface area contributed by atoms with E-state index in [9.17, 15) is 9.59 Å². The van der Waals surface area contributed by atoms with Gasteiger partial charge in [-0.3, -0.25) is 9.59 Å². The molecule has 1 heterocycles. The maximum atomic E-state index is 12.7. The second kappa shape index (κ2) is 7.76. The molecule has 1 saturated heterocycles. The van der Waals surface area contributed by atoms with Crippen LogP contribution in [0.5, 0.6) is 0 Å². The minimum Gasteiger partial charge on any atom is -0.378 e. The monoisotopic (exact) mass is 436 g/mol. The Balaban J connectivity index is 1.83. The molecule has 2 aromatic rings. The normalized spacial score (nSPS) is 14.3. The van der Waals surface area contributed by atoms with E-state index < -0.39 is 0 Å². The van der Waals surface area contributed by atoms with Gasteiger partial charge in [-0.2, -0.15) is 0 Å². The van der Waals surface area contributed by atoms with Crippen LogP contribution >= 0.6 is 22.6 Å². The summed E-state index contributed by atoms with van der Waals surface area (Å²) in [5.74, 6) is -0.306. The minimum absolute atomic E-state index is 0.0861. The Morgan fingerprint density at radius 3 is 2.29 bits per heavy atom. The first-order valence-corrected chi connectivity index (χ1v) is 8.76. The molecule has 1 fully saturated rings. The number of hydrogen-bond acceptors (Lipinski definition) is 3. The van der Waals surface area contributed by atoms with E-state index >= 15 is 0 Å². The molecular formula is C18H17IN2O3. The zero-order valence-electron chi connectivity index (χ0n) is 13.0. The fraction of sp³-hybridized carbons (Fsp3) is 0.222. The Kier molecular flexibility index (Phi) is 5.47. The number of nitrogens with one attached hydrogen (secondary N) is 1. The van der Waals surface area contributed by atoms with Crippen molar-refractivity contribution in [3.05, 3.63) is 63.2 Å². The fourth-order valence-corrected chi connectivity index (χ4v) is 3.18. The third-order valence-corrected chi connectivity index (χ3v) is 4.76. The molecule has 5 nitrogen and oxygen atoms in total. The van der Waals surface area contributed by atoms with Gasteiger partial charge >= 0.3 is 0 Å². The van der Waals surface area contributed by atoms with Gasteiger partial charge in [0.15, 0.2) is 0 Å². The summed E-state index contributed by atoms with van der Waals surface area (Å²) in [5.41, 5.74) is 1.61. The van der Waals surface area contributed by atoms with E-state index in [0.29, 0.717) is 43.1 Å². The standard InChI is InChI=1S/C18H17IN2O3/c19-15-7-3-1-5-13(15)17(22)20-16-8-4-2-6-14(16)18(23)21-9-11-24-12-10-21/h1-8H,9-12H2,(H,20,22). The summed E-state index contributed by atoms with van der Waals surface area (Å²) in [6.07, 6.45) is 0. The van der Waals surface area contributed by atoms with Crippen LogP contribution in [0.25, 0.3) is 0 Å². The van der Waals surface area contributed by atoms with E-state index in [1.165, 1.54) is 0 Å². The number of morpholine rings is 1. The van der Waals surface area contributed by atoms with Gasteiger partial charge in [-0.1, -0.05) is 24.3 Å². The van der Waals surface area contributed by atoms with Crippen LogP contribution in [-0.2, 0) is 4.74 Å². The minimum atomic E-state index is -0.220. The van der Waals surface area contributed by atoms with E-state index in [-0.39, 0.29) is 11.8 Å². The number of carbonyl (C=O) groups is 2. The molecule has 0 bridgehead atoms. The number of benzene rings is 2. The van der Waals surface area contributed by atoms with Gasteiger partial charge < -0.3 is 15.0 Å².